The summed E-state index contributed by atoms with van der Waals surface area (Å²) in [6, 6.07) is -5.07. The fourth-order valence-corrected chi connectivity index (χ4v) is 21.2. The van der Waals surface area contributed by atoms with Gasteiger partial charge in [-0.2, -0.15) is 0 Å². The predicted octanol–water partition coefficient (Wildman–Crippen LogP) is 2.57. The van der Waals surface area contributed by atoms with Crippen molar-refractivity contribution in [2.75, 3.05) is 32.5 Å². The summed E-state index contributed by atoms with van der Waals surface area (Å²) < 4.78 is 68.0. The number of aromatic hydroxyl groups is 3. The predicted molar refractivity (Wildman–Crippen MR) is 478 cm³/mol. The van der Waals surface area contributed by atoms with E-state index in [0.29, 0.717) is 43.9 Å². The molecule has 0 aromatic heterocycles. The molecule has 4 aromatic carbocycles. The van der Waals surface area contributed by atoms with Gasteiger partial charge >= 0.3 is 6.03 Å². The molecule has 39 nitrogen and oxygen atoms in total. The van der Waals surface area contributed by atoms with Gasteiger partial charge < -0.3 is 133 Å². The van der Waals surface area contributed by atoms with E-state index >= 15 is 28.8 Å². The number of aliphatic hydroxyl groups is 6. The fraction of sp³-hybridized carbons (Fsp3) is 0.598. The first kappa shape index (κ1) is 99.1. The van der Waals surface area contributed by atoms with Gasteiger partial charge in [-0.05, 0) is 217 Å². The van der Waals surface area contributed by atoms with Crippen LogP contribution in [0.4, 0.5) is 4.79 Å². The van der Waals surface area contributed by atoms with E-state index in [1.165, 1.54) is 64.2 Å². The van der Waals surface area contributed by atoms with Gasteiger partial charge in [-0.25, -0.2) is 17.9 Å². The zero-order valence-corrected chi connectivity index (χ0v) is 76.7. The number of benzene rings is 4. The van der Waals surface area contributed by atoms with Gasteiger partial charge in [-0.1, -0.05) is 69.8 Å². The molecule has 7 heterocycles. The largest absolute Gasteiger partial charge is 0.507 e. The number of likely N-dealkylation sites (N-methyl/N-ethyl adjacent to an activating group) is 1. The van der Waals surface area contributed by atoms with Crippen molar-refractivity contribution >= 4 is 74.9 Å². The Balaban J connectivity index is 0.944. The van der Waals surface area contributed by atoms with Crippen LogP contribution >= 0.6 is 11.6 Å². The molecule has 0 radical (unpaired) electrons. The molecule has 726 valence electrons. The van der Waals surface area contributed by atoms with Crippen LogP contribution in [-0.2, 0) is 69.1 Å². The molecule has 0 unspecified atom stereocenters. The van der Waals surface area contributed by atoms with Gasteiger partial charge in [0, 0.05) is 54.7 Å². The van der Waals surface area contributed by atoms with Crippen molar-refractivity contribution in [1.82, 2.24) is 63.2 Å². The molecule has 41 heteroatoms. The van der Waals surface area contributed by atoms with Crippen LogP contribution in [-0.4, -0.2) is 243 Å². The van der Waals surface area contributed by atoms with Crippen LogP contribution in [0.3, 0.4) is 0 Å². The van der Waals surface area contributed by atoms with Gasteiger partial charge in [0.05, 0.1) is 47.6 Å². The molecule has 5 saturated carbocycles. The van der Waals surface area contributed by atoms with Crippen molar-refractivity contribution in [2.24, 2.45) is 35.3 Å². The number of unbranched alkanes of at least 4 members (excludes halogenated alkanes) is 4. The molecular formula is C92H124ClN13O26S. The highest BCUT2D eigenvalue weighted by Gasteiger charge is 2.54. The molecule has 2 saturated heterocycles. The maximum atomic E-state index is 16.8. The van der Waals surface area contributed by atoms with E-state index in [1.54, 1.807) is 0 Å². The van der Waals surface area contributed by atoms with E-state index in [1.807, 2.05) is 20.8 Å². The number of imide groups is 1. The summed E-state index contributed by atoms with van der Waals surface area (Å²) in [6.07, 6.45) is -8.55. The number of sulfonamides is 1. The lowest BCUT2D eigenvalue weighted by atomic mass is 9.54. The number of urea groups is 1. The summed E-state index contributed by atoms with van der Waals surface area (Å²) in [6.45, 7) is 9.26. The Kier molecular flexibility index (Phi) is 31.4. The van der Waals surface area contributed by atoms with Crippen LogP contribution in [0.15, 0.2) is 77.4 Å². The summed E-state index contributed by atoms with van der Waals surface area (Å²) in [5.41, 5.74) is 3.10. The molecule has 7 fully saturated rings. The number of hydrogen-bond acceptors (Lipinski definition) is 29. The van der Waals surface area contributed by atoms with E-state index in [9.17, 15) is 68.8 Å². The van der Waals surface area contributed by atoms with Gasteiger partial charge in [0.2, 0.25) is 69.3 Å². The number of amides is 10. The molecule has 19 atom stereocenters. The van der Waals surface area contributed by atoms with Crippen molar-refractivity contribution in [3.8, 4) is 51.4 Å². The van der Waals surface area contributed by atoms with Crippen molar-refractivity contribution in [3.63, 3.8) is 0 Å². The summed E-state index contributed by atoms with van der Waals surface area (Å²) in [5, 5.41) is 139. The van der Waals surface area contributed by atoms with Crippen molar-refractivity contribution in [3.05, 3.63) is 111 Å². The molecule has 17 rings (SSSR count). The molecule has 15 bridgehead atoms. The minimum atomic E-state index is -3.57. The lowest BCUT2D eigenvalue weighted by Gasteiger charge is -2.54. The van der Waals surface area contributed by atoms with Crippen LogP contribution in [0.5, 0.6) is 40.2 Å². The number of fused-ring (bicyclic) bond motifs is 14. The molecule has 0 spiro atoms. The Morgan fingerprint density at radius 3 is 2.11 bits per heavy atom. The number of ether oxygens (including phenoxy) is 6. The Hall–Kier alpha value is -9.89. The smallest absolute Gasteiger partial charge is 0.321 e. The number of carbonyl (C=O) groups is 9. The quantitative estimate of drug-likeness (QED) is 0.0363. The third kappa shape index (κ3) is 22.9. The van der Waals surface area contributed by atoms with Gasteiger partial charge in [-0.15, -0.1) is 0 Å². The number of phenolic OH excluding ortho intramolecular Hbond substituents is 3. The van der Waals surface area contributed by atoms with E-state index in [-0.39, 0.29) is 118 Å². The first-order valence-corrected chi connectivity index (χ1v) is 47.9. The average Bonchev–Trinajstić information content (AvgIpc) is 1.63. The van der Waals surface area contributed by atoms with E-state index in [4.69, 9.17) is 45.8 Å². The first-order valence-electron chi connectivity index (χ1n) is 45.9. The minimum absolute atomic E-state index is 0.0207. The second-order valence-corrected chi connectivity index (χ2v) is 40.1. The number of carbonyl (C=O) groups excluding carboxylic acids is 9. The third-order valence-electron chi connectivity index (χ3n) is 26.9. The fourth-order valence-electron chi connectivity index (χ4n) is 19.8. The zero-order chi connectivity index (χ0) is 95.5. The molecule has 4 aromatic rings. The average molecular weight is 1900 g/mol. The van der Waals surface area contributed by atoms with Crippen LogP contribution in [0.1, 0.15) is 201 Å². The maximum absolute atomic E-state index is 16.8. The molecule has 13 aliphatic rings. The molecule has 6 aliphatic carbocycles. The highest BCUT2D eigenvalue weighted by molar-refractivity contribution is 7.89. The number of hydrogen-bond donors (Lipinski definition) is 22. The van der Waals surface area contributed by atoms with Crippen molar-refractivity contribution in [2.45, 2.75) is 285 Å². The van der Waals surface area contributed by atoms with Gasteiger partial charge in [0.15, 0.2) is 23.9 Å². The lowest BCUT2D eigenvalue weighted by Crippen LogP contribution is -2.64. The molecule has 10 amide bonds. The van der Waals surface area contributed by atoms with Crippen molar-refractivity contribution in [1.29, 1.82) is 0 Å². The Morgan fingerprint density at radius 1 is 0.737 bits per heavy atom. The first-order chi connectivity index (χ1) is 63.3. The Morgan fingerprint density at radius 2 is 1.43 bits per heavy atom. The van der Waals surface area contributed by atoms with Crippen LogP contribution in [0.2, 0.25) is 0 Å². The van der Waals surface area contributed by atoms with Gasteiger partial charge in [0.1, 0.15) is 95.9 Å². The number of nitrogens with two attached hydrogens (primary N) is 1. The highest BCUT2D eigenvalue weighted by atomic mass is 35.5. The number of aliphatic hydroxyl groups excluding tert-OH is 6. The number of aryl methyl sites for hydroxylation is 1. The molecule has 7 aliphatic heterocycles. The number of nitrogens with one attached hydrogen (secondary N) is 12. The number of phenols is 3. The Labute approximate surface area is 774 Å². The highest BCUT2D eigenvalue weighted by Crippen LogP contribution is 2.55. The summed E-state index contributed by atoms with van der Waals surface area (Å²) in [4.78, 5) is 139. The van der Waals surface area contributed by atoms with E-state index < -0.39 is 243 Å². The maximum Gasteiger partial charge on any atom is 0.321 e. The van der Waals surface area contributed by atoms with Crippen LogP contribution < -0.4 is 83.2 Å². The summed E-state index contributed by atoms with van der Waals surface area (Å²) in [7, 11) is -2.07. The van der Waals surface area contributed by atoms with Crippen molar-refractivity contribution < 1.29 is 126 Å². The third-order valence-corrected chi connectivity index (χ3v) is 28.8. The zero-order valence-electron chi connectivity index (χ0n) is 75.2. The number of halogens is 1. The summed E-state index contributed by atoms with van der Waals surface area (Å²) in [5.74, 6) is -12.7. The lowest BCUT2D eigenvalue weighted by molar-refractivity contribution is -0.333. The summed E-state index contributed by atoms with van der Waals surface area (Å²) >= 11 is 7.42. The van der Waals surface area contributed by atoms with E-state index in [0.717, 1.165) is 81.7 Å². The monoisotopic (exact) mass is 1890 g/mol. The standard InChI is InChI=1S/C92H124ClN13O26S/c1-8-9-10-13-24-133(125,126)97-23-12-11-22-96-39-55-60(109)36-54-68(77(55)113)53-32-46(14-19-59(53)108)70-85(119)106-74(89(123)104-72(54)87(121)101-69-49-28-44-27-45(30-49)31-50(69)29-44)76(112)48-16-21-62(56(93)33-48)129-64-35-51-34-63(80(64)132-90-81(79(115)78(114)65(40-107)130-90)131-67-38-92(6,94)82(116)43(5)127-67)128-61-20-15-47(26-42(61)4)75(111)73(105-83(117)57(95-7)25-41(2)3)88(122)99-58(84(118)102-71(51)86(120)103-70)37-66(110)100-91(124)98-52-17-18-52/h14-16,19-20,26,32-36,41,43-45,49-50,52,57-58,62,65,67,69-76,78-79,81-82,90,95-97,107-109,111-116H,8-13,17-18,21-25,27-31,37-40,94H2,1-7H3,(H,99,122)(H,101,121)(H,102,118)(H,103,120)(H,104,123)(H,105,117)(H,106,119)(H2,98,100,110,124)/t43-,44?,45?,49?,50?,57+,58-,62+,65+,67-,69?,70+,71+,72-,73+,74-,75+,76+,78+,79-,81+,82+,90-,92-/m0/s1. The van der Waals surface area contributed by atoms with Crippen LogP contribution in [0.25, 0.3) is 11.1 Å². The topological polar surface area (TPSA) is 596 Å². The molecule has 133 heavy (non-hydrogen) atoms. The normalized spacial score (nSPS) is 31.1. The van der Waals surface area contributed by atoms with Gasteiger partial charge in [-0.3, -0.25) is 43.7 Å². The minimum Gasteiger partial charge on any atom is -0.507 e. The Bertz CT molecular complexity index is 5190. The van der Waals surface area contributed by atoms with Crippen LogP contribution in [0, 0.1) is 36.5 Å². The number of rotatable bonds is 28. The second-order valence-electron chi connectivity index (χ2n) is 37.7. The molecular weight excluding hydrogens is 1770 g/mol. The molecule has 23 N–H and O–H groups in total. The van der Waals surface area contributed by atoms with E-state index in [2.05, 4.69) is 63.2 Å². The SMILES string of the molecule is CCCCCCS(=O)(=O)NCCCCNCc1c(O)cc2c(c1O)-c1cc(ccc1O)[C@H]1NC(=O)[C@@H]3NC(=O)[C@H](CC(=O)NC(=O)NC4CC4)NC(=O)[C@H](NC(=O)[C@@H](CC(C)C)NC)[C@H](O)c4ccc(c(C)c4)Oc4cc3cc(c4O[C@@H]3O[C@H](CO)[C@@H](O)[C@H](O)[C@H]3O[C@H]3C[C@](C)(N)[C@H](O)[C@H](C)O3)O[C@@H]3CC=C(C=C3Cl)[C@@H](O)[C@H](NC1=O)C(=O)N[C@@H]2C(=O)NC1C2CC3CC(C2)CC1C3. The van der Waals surface area contributed by atoms with Gasteiger partial charge in [0.25, 0.3) is 0 Å². The second kappa shape index (κ2) is 42.2.